The number of rotatable bonds is 2. The number of carbonyl (C=O) groups is 1. The van der Waals surface area contributed by atoms with E-state index in [1.165, 1.54) is 27.8 Å². The molecule has 0 radical (unpaired) electrons. The third kappa shape index (κ3) is 3.65. The van der Waals surface area contributed by atoms with Crippen molar-refractivity contribution in [2.24, 2.45) is 0 Å². The van der Waals surface area contributed by atoms with Crippen molar-refractivity contribution in [1.82, 2.24) is 0 Å². The van der Waals surface area contributed by atoms with Crippen LogP contribution in [0.15, 0.2) is 78.0 Å². The molecule has 3 heteroatoms. The first kappa shape index (κ1) is 19.6. The lowest BCUT2D eigenvalue weighted by Crippen LogP contribution is -2.27. The predicted octanol–water partition coefficient (Wildman–Crippen LogP) is 6.59. The van der Waals surface area contributed by atoms with Gasteiger partial charge in [-0.1, -0.05) is 65.7 Å². The Morgan fingerprint density at radius 3 is 2.29 bits per heavy atom. The molecule has 2 N–H and O–H groups in total. The Balaban J connectivity index is 1.63. The molecule has 0 amide bonds. The zero-order chi connectivity index (χ0) is 21.5. The number of benzene rings is 3. The topological polar surface area (TPSA) is 41.1 Å². The van der Waals surface area contributed by atoms with E-state index < -0.39 is 0 Å². The highest BCUT2D eigenvalue weighted by atomic mass is 16.1. The SMILES string of the molecule is Cc1ccc([C@H]2CC(=O)C3=C(C2)Nc2ccccc2N[C@H]3c2cc(C)ccc2C)cc1. The summed E-state index contributed by atoms with van der Waals surface area (Å²) < 4.78 is 0. The Morgan fingerprint density at radius 1 is 0.806 bits per heavy atom. The van der Waals surface area contributed by atoms with Crippen molar-refractivity contribution in [2.75, 3.05) is 10.6 Å². The van der Waals surface area contributed by atoms with Crippen LogP contribution >= 0.6 is 0 Å². The summed E-state index contributed by atoms with van der Waals surface area (Å²) in [7, 11) is 0. The third-order valence-corrected chi connectivity index (χ3v) is 6.60. The number of anilines is 2. The number of hydrogen-bond donors (Lipinski definition) is 2. The number of Topliss-reactive ketones (excluding diaryl/α,β-unsaturated/α-hetero) is 1. The van der Waals surface area contributed by atoms with E-state index >= 15 is 0 Å². The Labute approximate surface area is 184 Å². The van der Waals surface area contributed by atoms with Gasteiger partial charge in [0.15, 0.2) is 5.78 Å². The molecule has 1 heterocycles. The van der Waals surface area contributed by atoms with Crippen molar-refractivity contribution in [1.29, 1.82) is 0 Å². The van der Waals surface area contributed by atoms with E-state index in [0.717, 1.165) is 29.1 Å². The van der Waals surface area contributed by atoms with Crippen molar-refractivity contribution >= 4 is 17.2 Å². The minimum atomic E-state index is -0.155. The maximum Gasteiger partial charge on any atom is 0.163 e. The fourth-order valence-electron chi connectivity index (χ4n) is 4.87. The van der Waals surface area contributed by atoms with E-state index in [2.05, 4.69) is 86.0 Å². The minimum Gasteiger partial charge on any atom is -0.372 e. The Kier molecular flexibility index (Phi) is 4.90. The summed E-state index contributed by atoms with van der Waals surface area (Å²) in [5.41, 5.74) is 10.0. The molecule has 0 saturated heterocycles. The maximum atomic E-state index is 13.6. The number of hydrogen-bond acceptors (Lipinski definition) is 3. The van der Waals surface area contributed by atoms with Crippen LogP contribution in [0.2, 0.25) is 0 Å². The Morgan fingerprint density at radius 2 is 1.52 bits per heavy atom. The molecule has 1 aliphatic carbocycles. The molecule has 2 aliphatic rings. The van der Waals surface area contributed by atoms with Crippen molar-refractivity contribution in [3.63, 3.8) is 0 Å². The molecule has 5 rings (SSSR count). The highest BCUT2D eigenvalue weighted by Gasteiger charge is 2.36. The zero-order valence-corrected chi connectivity index (χ0v) is 18.3. The highest BCUT2D eigenvalue weighted by Crippen LogP contribution is 2.44. The van der Waals surface area contributed by atoms with E-state index in [1.807, 2.05) is 12.1 Å². The van der Waals surface area contributed by atoms with Gasteiger partial charge in [-0.3, -0.25) is 4.79 Å². The molecule has 3 aromatic carbocycles. The monoisotopic (exact) mass is 408 g/mol. The van der Waals surface area contributed by atoms with Crippen molar-refractivity contribution in [3.05, 3.63) is 106 Å². The van der Waals surface area contributed by atoms with Crippen LogP contribution in [0, 0.1) is 20.8 Å². The van der Waals surface area contributed by atoms with Crippen LogP contribution in [0.5, 0.6) is 0 Å². The average Bonchev–Trinajstić information content (AvgIpc) is 2.92. The van der Waals surface area contributed by atoms with Gasteiger partial charge in [0.2, 0.25) is 0 Å². The summed E-state index contributed by atoms with van der Waals surface area (Å²) in [5, 5.41) is 7.33. The molecule has 0 unspecified atom stereocenters. The molecule has 0 bridgehead atoms. The van der Waals surface area contributed by atoms with Crippen LogP contribution in [0.4, 0.5) is 11.4 Å². The Bertz CT molecular complexity index is 1190. The second-order valence-corrected chi connectivity index (χ2v) is 8.94. The van der Waals surface area contributed by atoms with E-state index in [-0.39, 0.29) is 17.7 Å². The fourth-order valence-corrected chi connectivity index (χ4v) is 4.87. The second-order valence-electron chi connectivity index (χ2n) is 8.94. The quantitative estimate of drug-likeness (QED) is 0.502. The lowest BCUT2D eigenvalue weighted by molar-refractivity contribution is -0.116. The molecule has 0 saturated carbocycles. The van der Waals surface area contributed by atoms with Gasteiger partial charge in [0.05, 0.1) is 17.4 Å². The van der Waals surface area contributed by atoms with Gasteiger partial charge < -0.3 is 10.6 Å². The molecular weight excluding hydrogens is 380 g/mol. The smallest absolute Gasteiger partial charge is 0.163 e. The average molecular weight is 409 g/mol. The molecule has 156 valence electrons. The molecule has 3 nitrogen and oxygen atoms in total. The fraction of sp³-hybridized carbons (Fsp3) is 0.250. The van der Waals surface area contributed by atoms with E-state index in [1.54, 1.807) is 0 Å². The molecule has 0 aromatic heterocycles. The lowest BCUT2D eigenvalue weighted by atomic mass is 9.78. The van der Waals surface area contributed by atoms with E-state index in [9.17, 15) is 4.79 Å². The van der Waals surface area contributed by atoms with Crippen LogP contribution in [0.1, 0.15) is 52.6 Å². The summed E-state index contributed by atoms with van der Waals surface area (Å²) in [6.45, 7) is 6.33. The molecule has 0 fully saturated rings. The number of carbonyl (C=O) groups excluding carboxylic acids is 1. The second kappa shape index (κ2) is 7.73. The summed E-state index contributed by atoms with van der Waals surface area (Å²) in [6, 6.07) is 23.2. The van der Waals surface area contributed by atoms with Crippen molar-refractivity contribution < 1.29 is 4.79 Å². The van der Waals surface area contributed by atoms with Crippen molar-refractivity contribution in [3.8, 4) is 0 Å². The van der Waals surface area contributed by atoms with Gasteiger partial charge in [0, 0.05) is 17.7 Å². The van der Waals surface area contributed by atoms with Gasteiger partial charge in [-0.05, 0) is 61.9 Å². The van der Waals surface area contributed by atoms with Crippen LogP contribution in [-0.4, -0.2) is 5.78 Å². The number of para-hydroxylation sites is 2. The Hall–Kier alpha value is -3.33. The van der Waals surface area contributed by atoms with Crippen LogP contribution in [0.25, 0.3) is 0 Å². The molecule has 2 atom stereocenters. The molecule has 31 heavy (non-hydrogen) atoms. The van der Waals surface area contributed by atoms with Gasteiger partial charge in [-0.15, -0.1) is 0 Å². The number of ketones is 1. The highest BCUT2D eigenvalue weighted by molar-refractivity contribution is 6.01. The van der Waals surface area contributed by atoms with Crippen LogP contribution in [-0.2, 0) is 4.79 Å². The van der Waals surface area contributed by atoms with Gasteiger partial charge in [0.25, 0.3) is 0 Å². The standard InChI is InChI=1S/C28H28N2O/c1-17-9-12-20(13-10-17)21-15-25-27(26(31)16-21)28(22-14-18(2)8-11-19(22)3)30-24-7-5-4-6-23(24)29-25/h4-14,21,28-30H,15-16H2,1-3H3/t21-,28+/m1/s1. The van der Waals surface area contributed by atoms with E-state index in [4.69, 9.17) is 0 Å². The maximum absolute atomic E-state index is 13.6. The minimum absolute atomic E-state index is 0.155. The third-order valence-electron chi connectivity index (χ3n) is 6.60. The first-order chi connectivity index (χ1) is 15.0. The van der Waals surface area contributed by atoms with Crippen LogP contribution < -0.4 is 10.6 Å². The van der Waals surface area contributed by atoms with Gasteiger partial charge in [-0.2, -0.15) is 0 Å². The zero-order valence-electron chi connectivity index (χ0n) is 18.3. The van der Waals surface area contributed by atoms with Gasteiger partial charge in [0.1, 0.15) is 0 Å². The first-order valence-corrected chi connectivity index (χ1v) is 11.0. The molecular formula is C28H28N2O. The first-order valence-electron chi connectivity index (χ1n) is 11.0. The van der Waals surface area contributed by atoms with Crippen molar-refractivity contribution in [2.45, 2.75) is 45.6 Å². The normalized spacial score (nSPS) is 20.3. The van der Waals surface area contributed by atoms with Gasteiger partial charge >= 0.3 is 0 Å². The number of allylic oxidation sites excluding steroid dienone is 1. The van der Waals surface area contributed by atoms with E-state index in [0.29, 0.717) is 6.42 Å². The molecule has 3 aromatic rings. The summed E-state index contributed by atoms with van der Waals surface area (Å²) >= 11 is 0. The largest absolute Gasteiger partial charge is 0.372 e. The van der Waals surface area contributed by atoms with Gasteiger partial charge in [-0.25, -0.2) is 0 Å². The number of fused-ring (bicyclic) bond motifs is 1. The molecule has 0 spiro atoms. The molecule has 1 aliphatic heterocycles. The summed E-state index contributed by atoms with van der Waals surface area (Å²) in [4.78, 5) is 13.6. The number of aryl methyl sites for hydroxylation is 3. The predicted molar refractivity (Wildman–Crippen MR) is 128 cm³/mol. The lowest BCUT2D eigenvalue weighted by Gasteiger charge is -2.30. The van der Waals surface area contributed by atoms with Crippen LogP contribution in [0.3, 0.4) is 0 Å². The summed E-state index contributed by atoms with van der Waals surface area (Å²) in [6.07, 6.45) is 1.38. The summed E-state index contributed by atoms with van der Waals surface area (Å²) in [5.74, 6) is 0.425. The number of nitrogens with one attached hydrogen (secondary N) is 2.